The summed E-state index contributed by atoms with van der Waals surface area (Å²) >= 11 is 5.85. The second-order valence-corrected chi connectivity index (χ2v) is 6.62. The Balaban J connectivity index is 2.96. The van der Waals surface area contributed by atoms with Crippen LogP contribution < -0.4 is 4.83 Å². The van der Waals surface area contributed by atoms with Crippen LogP contribution >= 0.6 is 11.6 Å². The summed E-state index contributed by atoms with van der Waals surface area (Å²) in [5, 5.41) is 0.699. The van der Waals surface area contributed by atoms with E-state index < -0.39 is 16.1 Å². The number of sulfonamides is 1. The maximum Gasteiger partial charge on any atom is 0.300 e. The highest BCUT2D eigenvalue weighted by Gasteiger charge is 2.21. The number of benzene rings is 1. The monoisotopic (exact) mass is 359 g/mol. The standard InChI is InChI=1S/C15H19ClFN3O2S/c1-5-12(6-2)11(3)18-15(17)20(4)19-23(21,22)14-10-8-7-9-13(14)16/h5,7-10,19H,3,6H2,1-2,4H3/b12-5-,18-15-. The largest absolute Gasteiger partial charge is 0.300 e. The molecular formula is C15H19ClFN3O2S. The summed E-state index contributed by atoms with van der Waals surface area (Å²) in [5.41, 5.74) is 0.999. The van der Waals surface area contributed by atoms with Crippen LogP contribution in [0.25, 0.3) is 0 Å². The average molecular weight is 360 g/mol. The molecule has 0 spiro atoms. The van der Waals surface area contributed by atoms with E-state index >= 15 is 0 Å². The SMILES string of the molecule is C=C(/N=C(/F)N(C)NS(=O)(=O)c1ccccc1Cl)/C(=C\C)CC. The molecule has 0 fully saturated rings. The molecule has 0 aliphatic heterocycles. The van der Waals surface area contributed by atoms with Crippen molar-refractivity contribution in [1.82, 2.24) is 9.84 Å². The number of hydrazine groups is 1. The second kappa shape index (κ2) is 8.24. The predicted molar refractivity (Wildman–Crippen MR) is 91.3 cm³/mol. The van der Waals surface area contributed by atoms with Gasteiger partial charge in [-0.15, -0.1) is 4.83 Å². The highest BCUT2D eigenvalue weighted by molar-refractivity contribution is 7.89. The number of aliphatic imine (C=N–C) groups is 1. The van der Waals surface area contributed by atoms with Crippen LogP contribution in [0.5, 0.6) is 0 Å². The van der Waals surface area contributed by atoms with Gasteiger partial charge in [0, 0.05) is 7.05 Å². The summed E-state index contributed by atoms with van der Waals surface area (Å²) < 4.78 is 38.5. The van der Waals surface area contributed by atoms with Gasteiger partial charge in [0.1, 0.15) is 4.90 Å². The average Bonchev–Trinajstić information content (AvgIpc) is 2.48. The van der Waals surface area contributed by atoms with Gasteiger partial charge in [0.2, 0.25) is 0 Å². The Bertz CT molecular complexity index is 745. The minimum absolute atomic E-state index is 0.0392. The van der Waals surface area contributed by atoms with Crippen LogP contribution in [0.15, 0.2) is 58.1 Å². The topological polar surface area (TPSA) is 61.8 Å². The van der Waals surface area contributed by atoms with E-state index in [1.165, 1.54) is 25.2 Å². The van der Waals surface area contributed by atoms with E-state index in [1.54, 1.807) is 19.1 Å². The number of nitrogens with one attached hydrogen (secondary N) is 1. The van der Waals surface area contributed by atoms with Crippen LogP contribution in [-0.2, 0) is 10.0 Å². The quantitative estimate of drug-likeness (QED) is 0.277. The first-order valence-electron chi connectivity index (χ1n) is 6.82. The molecule has 0 unspecified atom stereocenters. The second-order valence-electron chi connectivity index (χ2n) is 4.58. The zero-order valence-corrected chi connectivity index (χ0v) is 14.7. The van der Waals surface area contributed by atoms with Crippen molar-refractivity contribution in [3.05, 3.63) is 53.2 Å². The number of rotatable bonds is 6. The van der Waals surface area contributed by atoms with Crippen molar-refractivity contribution in [2.45, 2.75) is 25.2 Å². The molecule has 0 aliphatic rings. The minimum atomic E-state index is -4.02. The summed E-state index contributed by atoms with van der Waals surface area (Å²) in [4.78, 5) is 5.57. The summed E-state index contributed by atoms with van der Waals surface area (Å²) in [6.45, 7) is 7.35. The first-order valence-corrected chi connectivity index (χ1v) is 8.68. The molecule has 1 N–H and O–H groups in total. The fourth-order valence-electron chi connectivity index (χ4n) is 1.76. The highest BCUT2D eigenvalue weighted by Crippen LogP contribution is 2.20. The highest BCUT2D eigenvalue weighted by atomic mass is 35.5. The number of amidine groups is 1. The number of halogens is 2. The molecular weight excluding hydrogens is 341 g/mol. The van der Waals surface area contributed by atoms with Gasteiger partial charge in [-0.05, 0) is 31.1 Å². The zero-order chi connectivity index (χ0) is 17.6. The molecule has 1 aromatic carbocycles. The van der Waals surface area contributed by atoms with Crippen molar-refractivity contribution >= 4 is 27.7 Å². The molecule has 126 valence electrons. The smallest absolute Gasteiger partial charge is 0.257 e. The normalized spacial score (nSPS) is 13.1. The van der Waals surface area contributed by atoms with Crippen LogP contribution in [0.1, 0.15) is 20.3 Å². The first kappa shape index (κ1) is 19.3. The Morgan fingerprint density at radius 3 is 2.61 bits per heavy atom. The van der Waals surface area contributed by atoms with Gasteiger partial charge in [-0.1, -0.05) is 43.3 Å². The third kappa shape index (κ3) is 5.16. The van der Waals surface area contributed by atoms with Crippen molar-refractivity contribution in [1.29, 1.82) is 0 Å². The Morgan fingerprint density at radius 1 is 1.48 bits per heavy atom. The van der Waals surface area contributed by atoms with Crippen LogP contribution in [0.3, 0.4) is 0 Å². The first-order chi connectivity index (χ1) is 10.7. The molecule has 5 nitrogen and oxygen atoms in total. The van der Waals surface area contributed by atoms with Crippen LogP contribution in [0.2, 0.25) is 5.02 Å². The third-order valence-electron chi connectivity index (χ3n) is 2.99. The molecule has 0 atom stereocenters. The fraction of sp³-hybridized carbons (Fsp3) is 0.267. The molecule has 0 heterocycles. The van der Waals surface area contributed by atoms with Crippen molar-refractivity contribution in [3.8, 4) is 0 Å². The Kier molecular flexibility index (Phi) is 6.93. The number of allylic oxidation sites excluding steroid dienone is 2. The molecule has 0 aromatic heterocycles. The Hall–Kier alpha value is -1.70. The summed E-state index contributed by atoms with van der Waals surface area (Å²) in [7, 11) is -2.83. The molecule has 0 amide bonds. The van der Waals surface area contributed by atoms with Crippen LogP contribution in [-0.4, -0.2) is 26.6 Å². The van der Waals surface area contributed by atoms with E-state index in [9.17, 15) is 12.8 Å². The minimum Gasteiger partial charge on any atom is -0.257 e. The van der Waals surface area contributed by atoms with Gasteiger partial charge in [0.15, 0.2) is 0 Å². The molecule has 23 heavy (non-hydrogen) atoms. The molecule has 0 saturated heterocycles. The lowest BCUT2D eigenvalue weighted by atomic mass is 10.1. The van der Waals surface area contributed by atoms with Gasteiger partial charge in [-0.3, -0.25) is 5.01 Å². The number of nitrogens with zero attached hydrogens (tertiary/aromatic N) is 2. The zero-order valence-electron chi connectivity index (χ0n) is 13.2. The van der Waals surface area contributed by atoms with E-state index in [-0.39, 0.29) is 15.6 Å². The third-order valence-corrected chi connectivity index (χ3v) is 4.88. The van der Waals surface area contributed by atoms with E-state index in [1.807, 2.05) is 11.8 Å². The summed E-state index contributed by atoms with van der Waals surface area (Å²) in [6.07, 6.45) is 1.38. The molecule has 1 rings (SSSR count). The van der Waals surface area contributed by atoms with Crippen molar-refractivity contribution in [3.63, 3.8) is 0 Å². The summed E-state index contributed by atoms with van der Waals surface area (Å²) in [5.74, 6) is 0. The fourth-order valence-corrected chi connectivity index (χ4v) is 3.32. The molecule has 1 aromatic rings. The lowest BCUT2D eigenvalue weighted by Crippen LogP contribution is -2.41. The molecule has 0 saturated carbocycles. The Labute approximate surface area is 141 Å². The van der Waals surface area contributed by atoms with Crippen molar-refractivity contribution in [2.24, 2.45) is 4.99 Å². The van der Waals surface area contributed by atoms with Gasteiger partial charge in [-0.25, -0.2) is 13.4 Å². The number of hydrogen-bond donors (Lipinski definition) is 1. The van der Waals surface area contributed by atoms with E-state index in [2.05, 4.69) is 11.6 Å². The van der Waals surface area contributed by atoms with Gasteiger partial charge < -0.3 is 0 Å². The lowest BCUT2D eigenvalue weighted by molar-refractivity contribution is 0.403. The van der Waals surface area contributed by atoms with E-state index in [4.69, 9.17) is 11.6 Å². The maximum absolute atomic E-state index is 14.1. The predicted octanol–water partition coefficient (Wildman–Crippen LogP) is 3.66. The van der Waals surface area contributed by atoms with E-state index in [0.717, 1.165) is 5.57 Å². The van der Waals surface area contributed by atoms with Crippen LogP contribution in [0, 0.1) is 0 Å². The Morgan fingerprint density at radius 2 is 2.09 bits per heavy atom. The maximum atomic E-state index is 14.1. The molecule has 0 aliphatic carbocycles. The molecule has 8 heteroatoms. The molecule has 0 bridgehead atoms. The van der Waals surface area contributed by atoms with E-state index in [0.29, 0.717) is 11.4 Å². The van der Waals surface area contributed by atoms with Crippen molar-refractivity contribution < 1.29 is 12.8 Å². The molecule has 0 radical (unpaired) electrons. The number of hydrogen-bond acceptors (Lipinski definition) is 3. The summed E-state index contributed by atoms with van der Waals surface area (Å²) in [6, 6.07) is 5.87. The van der Waals surface area contributed by atoms with Crippen molar-refractivity contribution in [2.75, 3.05) is 7.05 Å². The van der Waals surface area contributed by atoms with Gasteiger partial charge >= 0.3 is 6.09 Å². The van der Waals surface area contributed by atoms with Crippen LogP contribution in [0.4, 0.5) is 4.39 Å². The van der Waals surface area contributed by atoms with Gasteiger partial charge in [0.05, 0.1) is 10.7 Å². The lowest BCUT2D eigenvalue weighted by Gasteiger charge is -2.18. The van der Waals surface area contributed by atoms with Gasteiger partial charge in [0.25, 0.3) is 10.0 Å². The van der Waals surface area contributed by atoms with Gasteiger partial charge in [-0.2, -0.15) is 4.39 Å².